The lowest BCUT2D eigenvalue weighted by atomic mass is 9.99. The molecule has 0 bridgehead atoms. The molecule has 1 saturated heterocycles. The Morgan fingerprint density at radius 1 is 1.03 bits per heavy atom. The standard InChI is InChI=1S/C23H21N5OS/c1-2-6-16(7-3-1)18-10-12-27(15-18)13-11-21-26-28-22(24-25-23(28)30-21)20-14-17-8-4-5-9-19(17)29-20/h1-9,14,18H,10-13,15H2. The third-order valence-electron chi connectivity index (χ3n) is 5.86. The lowest BCUT2D eigenvalue weighted by Gasteiger charge is -2.15. The van der Waals surface area contributed by atoms with E-state index in [9.17, 15) is 0 Å². The first kappa shape index (κ1) is 17.8. The van der Waals surface area contributed by atoms with Crippen LogP contribution in [0.1, 0.15) is 22.9 Å². The third-order valence-corrected chi connectivity index (χ3v) is 6.82. The van der Waals surface area contributed by atoms with Crippen LogP contribution in [0.2, 0.25) is 0 Å². The molecule has 30 heavy (non-hydrogen) atoms. The third kappa shape index (κ3) is 3.20. The minimum absolute atomic E-state index is 0.642. The molecular formula is C23H21N5OS. The highest BCUT2D eigenvalue weighted by molar-refractivity contribution is 7.16. The quantitative estimate of drug-likeness (QED) is 0.419. The second-order valence-corrected chi connectivity index (χ2v) is 8.85. The highest BCUT2D eigenvalue weighted by atomic mass is 32.1. The van der Waals surface area contributed by atoms with Gasteiger partial charge in [-0.3, -0.25) is 0 Å². The van der Waals surface area contributed by atoms with E-state index in [-0.39, 0.29) is 0 Å². The molecule has 2 aromatic carbocycles. The molecule has 7 heteroatoms. The number of para-hydroxylation sites is 1. The summed E-state index contributed by atoms with van der Waals surface area (Å²) in [6.07, 6.45) is 2.15. The lowest BCUT2D eigenvalue weighted by Crippen LogP contribution is -2.23. The van der Waals surface area contributed by atoms with Gasteiger partial charge < -0.3 is 9.32 Å². The van der Waals surface area contributed by atoms with E-state index in [4.69, 9.17) is 9.52 Å². The average molecular weight is 416 g/mol. The van der Waals surface area contributed by atoms with Crippen molar-refractivity contribution in [2.45, 2.75) is 18.8 Å². The number of nitrogens with zero attached hydrogens (tertiary/aromatic N) is 5. The summed E-state index contributed by atoms with van der Waals surface area (Å²) in [7, 11) is 0. The van der Waals surface area contributed by atoms with Gasteiger partial charge in [-0.05, 0) is 36.6 Å². The number of fused-ring (bicyclic) bond motifs is 2. The zero-order valence-corrected chi connectivity index (χ0v) is 17.3. The number of hydrogen-bond donors (Lipinski definition) is 0. The molecule has 0 aliphatic carbocycles. The van der Waals surface area contributed by atoms with Crippen molar-refractivity contribution in [2.75, 3.05) is 19.6 Å². The molecule has 1 fully saturated rings. The van der Waals surface area contributed by atoms with E-state index in [0.29, 0.717) is 17.5 Å². The van der Waals surface area contributed by atoms with Crippen LogP contribution in [0.25, 0.3) is 27.5 Å². The number of aromatic nitrogens is 4. The van der Waals surface area contributed by atoms with E-state index < -0.39 is 0 Å². The van der Waals surface area contributed by atoms with E-state index >= 15 is 0 Å². The fourth-order valence-electron chi connectivity index (χ4n) is 4.29. The van der Waals surface area contributed by atoms with E-state index in [1.165, 1.54) is 12.0 Å². The Balaban J connectivity index is 1.17. The summed E-state index contributed by atoms with van der Waals surface area (Å²) in [6, 6.07) is 20.8. The Labute approximate surface area is 177 Å². The van der Waals surface area contributed by atoms with E-state index in [1.807, 2.05) is 34.8 Å². The molecule has 5 aromatic rings. The number of hydrogen-bond acceptors (Lipinski definition) is 6. The molecule has 4 heterocycles. The molecule has 1 unspecified atom stereocenters. The maximum atomic E-state index is 5.96. The molecule has 0 radical (unpaired) electrons. The molecule has 0 spiro atoms. The van der Waals surface area contributed by atoms with Crippen molar-refractivity contribution in [2.24, 2.45) is 0 Å². The van der Waals surface area contributed by atoms with Crippen LogP contribution in [-0.4, -0.2) is 44.3 Å². The van der Waals surface area contributed by atoms with Crippen molar-refractivity contribution in [3.63, 3.8) is 0 Å². The van der Waals surface area contributed by atoms with Crippen LogP contribution in [-0.2, 0) is 6.42 Å². The van der Waals surface area contributed by atoms with E-state index in [2.05, 4.69) is 45.4 Å². The fraction of sp³-hybridized carbons (Fsp3) is 0.261. The zero-order chi connectivity index (χ0) is 19.9. The van der Waals surface area contributed by atoms with Crippen molar-refractivity contribution in [1.82, 2.24) is 24.7 Å². The van der Waals surface area contributed by atoms with Gasteiger partial charge in [-0.1, -0.05) is 59.9 Å². The largest absolute Gasteiger partial charge is 0.453 e. The molecule has 1 aliphatic rings. The highest BCUT2D eigenvalue weighted by Gasteiger charge is 2.24. The first-order valence-corrected chi connectivity index (χ1v) is 11.1. The first-order chi connectivity index (χ1) is 14.8. The van der Waals surface area contributed by atoms with Gasteiger partial charge in [-0.2, -0.15) is 9.61 Å². The Morgan fingerprint density at radius 2 is 1.90 bits per heavy atom. The summed E-state index contributed by atoms with van der Waals surface area (Å²) in [4.78, 5) is 3.35. The molecule has 1 aliphatic heterocycles. The summed E-state index contributed by atoms with van der Waals surface area (Å²) >= 11 is 1.61. The van der Waals surface area contributed by atoms with Gasteiger partial charge in [0.05, 0.1) is 0 Å². The van der Waals surface area contributed by atoms with Crippen LogP contribution < -0.4 is 0 Å². The zero-order valence-electron chi connectivity index (χ0n) is 16.4. The van der Waals surface area contributed by atoms with Gasteiger partial charge >= 0.3 is 0 Å². The van der Waals surface area contributed by atoms with Crippen LogP contribution in [0.15, 0.2) is 65.1 Å². The summed E-state index contributed by atoms with van der Waals surface area (Å²) in [5.74, 6) is 2.00. The van der Waals surface area contributed by atoms with Gasteiger partial charge in [0.25, 0.3) is 0 Å². The minimum atomic E-state index is 0.642. The van der Waals surface area contributed by atoms with Crippen molar-refractivity contribution >= 4 is 27.3 Å². The van der Waals surface area contributed by atoms with Crippen LogP contribution >= 0.6 is 11.3 Å². The molecular weight excluding hydrogens is 394 g/mol. The van der Waals surface area contributed by atoms with E-state index in [1.54, 1.807) is 11.3 Å². The van der Waals surface area contributed by atoms with Crippen molar-refractivity contribution < 1.29 is 4.42 Å². The van der Waals surface area contributed by atoms with Crippen LogP contribution in [0, 0.1) is 0 Å². The minimum Gasteiger partial charge on any atom is -0.453 e. The predicted molar refractivity (Wildman–Crippen MR) is 118 cm³/mol. The summed E-state index contributed by atoms with van der Waals surface area (Å²) in [6.45, 7) is 3.29. The molecule has 3 aromatic heterocycles. The number of benzene rings is 2. The Bertz CT molecular complexity index is 1270. The topological polar surface area (TPSA) is 59.5 Å². The van der Waals surface area contributed by atoms with Crippen molar-refractivity contribution in [3.8, 4) is 11.6 Å². The molecule has 0 saturated carbocycles. The SMILES string of the molecule is c1ccc(C2CCN(CCc3nn4c(-c5cc6ccccc6o5)nnc4s3)C2)cc1. The maximum Gasteiger partial charge on any atom is 0.235 e. The van der Waals surface area contributed by atoms with Gasteiger partial charge in [0.1, 0.15) is 10.6 Å². The number of rotatable bonds is 5. The summed E-state index contributed by atoms with van der Waals surface area (Å²) in [5, 5.41) is 15.5. The second kappa shape index (κ2) is 7.34. The molecule has 0 N–H and O–H groups in total. The normalized spacial score (nSPS) is 17.4. The van der Waals surface area contributed by atoms with Crippen LogP contribution in [0.5, 0.6) is 0 Å². The smallest absolute Gasteiger partial charge is 0.235 e. The van der Waals surface area contributed by atoms with Crippen molar-refractivity contribution in [3.05, 3.63) is 71.2 Å². The Kier molecular flexibility index (Phi) is 4.35. The second-order valence-electron chi connectivity index (χ2n) is 7.81. The maximum absolute atomic E-state index is 5.96. The van der Waals surface area contributed by atoms with Gasteiger partial charge in [0, 0.05) is 24.9 Å². The van der Waals surface area contributed by atoms with Crippen LogP contribution in [0.4, 0.5) is 0 Å². The molecule has 1 atom stereocenters. The molecule has 6 nitrogen and oxygen atoms in total. The lowest BCUT2D eigenvalue weighted by molar-refractivity contribution is 0.338. The fourth-order valence-corrected chi connectivity index (χ4v) is 5.11. The number of likely N-dealkylation sites (tertiary alicyclic amines) is 1. The van der Waals surface area contributed by atoms with Crippen molar-refractivity contribution in [1.29, 1.82) is 0 Å². The number of furan rings is 1. The van der Waals surface area contributed by atoms with Gasteiger partial charge in [-0.15, -0.1) is 10.2 Å². The molecule has 0 amide bonds. The summed E-state index contributed by atoms with van der Waals surface area (Å²) in [5.41, 5.74) is 2.30. The Hall–Kier alpha value is -3.03. The van der Waals surface area contributed by atoms with Gasteiger partial charge in [0.2, 0.25) is 10.8 Å². The average Bonchev–Trinajstić information content (AvgIpc) is 3.55. The first-order valence-electron chi connectivity index (χ1n) is 10.3. The predicted octanol–water partition coefficient (Wildman–Crippen LogP) is 4.63. The summed E-state index contributed by atoms with van der Waals surface area (Å²) < 4.78 is 7.77. The highest BCUT2D eigenvalue weighted by Crippen LogP contribution is 2.29. The van der Waals surface area contributed by atoms with Crippen LogP contribution in [0.3, 0.4) is 0 Å². The van der Waals surface area contributed by atoms with E-state index in [0.717, 1.165) is 47.0 Å². The monoisotopic (exact) mass is 415 g/mol. The Morgan fingerprint density at radius 3 is 2.80 bits per heavy atom. The molecule has 150 valence electrons. The molecule has 6 rings (SSSR count). The van der Waals surface area contributed by atoms with Gasteiger partial charge in [0.15, 0.2) is 5.76 Å². The van der Waals surface area contributed by atoms with Gasteiger partial charge in [-0.25, -0.2) is 0 Å².